The monoisotopic (exact) mass is 337 g/mol. The molecular formula is C21H27N3O. The Morgan fingerprint density at radius 3 is 2.28 bits per heavy atom. The van der Waals surface area contributed by atoms with Gasteiger partial charge in [-0.2, -0.15) is 0 Å². The lowest BCUT2D eigenvalue weighted by Crippen LogP contribution is -2.38. The maximum atomic E-state index is 12.1. The highest BCUT2D eigenvalue weighted by Crippen LogP contribution is 2.18. The molecule has 3 rings (SSSR count). The van der Waals surface area contributed by atoms with Crippen molar-refractivity contribution in [3.8, 4) is 0 Å². The minimum atomic E-state index is -0.100. The summed E-state index contributed by atoms with van der Waals surface area (Å²) in [6.45, 7) is 0.888. The molecule has 0 heterocycles. The van der Waals surface area contributed by atoms with Crippen molar-refractivity contribution in [1.82, 2.24) is 5.32 Å². The van der Waals surface area contributed by atoms with Crippen molar-refractivity contribution in [2.45, 2.75) is 44.6 Å². The molecule has 0 aliphatic heterocycles. The van der Waals surface area contributed by atoms with E-state index in [1.807, 2.05) is 30.3 Å². The van der Waals surface area contributed by atoms with Crippen LogP contribution < -0.4 is 16.0 Å². The number of nitrogens with one attached hydrogen (secondary N) is 3. The van der Waals surface area contributed by atoms with Crippen molar-refractivity contribution in [1.29, 1.82) is 0 Å². The Bertz CT molecular complexity index is 649. The first-order valence-electron chi connectivity index (χ1n) is 9.25. The maximum absolute atomic E-state index is 12.1. The molecule has 1 aliphatic carbocycles. The van der Waals surface area contributed by atoms with Crippen LogP contribution in [-0.2, 0) is 6.42 Å². The molecule has 0 spiro atoms. The molecule has 0 atom stereocenters. The minimum absolute atomic E-state index is 0.100. The van der Waals surface area contributed by atoms with E-state index in [1.165, 1.54) is 24.8 Å². The maximum Gasteiger partial charge on any atom is 0.319 e. The second kappa shape index (κ2) is 9.11. The summed E-state index contributed by atoms with van der Waals surface area (Å²) in [5.41, 5.74) is 3.21. The molecule has 132 valence electrons. The number of hydrogen-bond donors (Lipinski definition) is 3. The molecule has 1 fully saturated rings. The zero-order valence-corrected chi connectivity index (χ0v) is 14.6. The second-order valence-corrected chi connectivity index (χ2v) is 6.67. The van der Waals surface area contributed by atoms with Gasteiger partial charge >= 0.3 is 6.03 Å². The summed E-state index contributed by atoms with van der Waals surface area (Å²) in [6.07, 6.45) is 6.90. The molecule has 0 aromatic heterocycles. The number of amides is 2. The highest BCUT2D eigenvalue weighted by Gasteiger charge is 2.15. The fourth-order valence-electron chi connectivity index (χ4n) is 3.27. The Kier molecular flexibility index (Phi) is 6.32. The van der Waals surface area contributed by atoms with Gasteiger partial charge in [0.2, 0.25) is 0 Å². The van der Waals surface area contributed by atoms with Crippen molar-refractivity contribution < 1.29 is 4.79 Å². The van der Waals surface area contributed by atoms with Gasteiger partial charge in [0.25, 0.3) is 0 Å². The fraction of sp³-hybridized carbons (Fsp3) is 0.381. The van der Waals surface area contributed by atoms with Gasteiger partial charge in [-0.15, -0.1) is 0 Å². The van der Waals surface area contributed by atoms with Crippen LogP contribution in [0.1, 0.15) is 37.7 Å². The van der Waals surface area contributed by atoms with Crippen LogP contribution in [0.4, 0.5) is 16.2 Å². The van der Waals surface area contributed by atoms with Crippen LogP contribution in [0.5, 0.6) is 0 Å². The average Bonchev–Trinajstić information content (AvgIpc) is 2.65. The van der Waals surface area contributed by atoms with Gasteiger partial charge in [0, 0.05) is 24.0 Å². The standard InChI is InChI=1S/C21H27N3O/c25-21(23-19-9-5-2-6-10-19)24-20-13-11-18(12-14-20)22-16-15-17-7-3-1-4-8-17/h1,3-4,7-8,11-14,19,22H,2,5-6,9-10,15-16H2,(H2,23,24,25). The lowest BCUT2D eigenvalue weighted by Gasteiger charge is -2.22. The van der Waals surface area contributed by atoms with E-state index in [9.17, 15) is 4.79 Å². The van der Waals surface area contributed by atoms with Crippen LogP contribution in [-0.4, -0.2) is 18.6 Å². The van der Waals surface area contributed by atoms with Crippen LogP contribution in [0.3, 0.4) is 0 Å². The second-order valence-electron chi connectivity index (χ2n) is 6.67. The first-order chi connectivity index (χ1) is 12.3. The van der Waals surface area contributed by atoms with Gasteiger partial charge in [0.15, 0.2) is 0 Å². The SMILES string of the molecule is O=C(Nc1ccc(NCCc2ccccc2)cc1)NC1CCCCC1. The zero-order valence-electron chi connectivity index (χ0n) is 14.6. The predicted octanol–water partition coefficient (Wildman–Crippen LogP) is 4.80. The smallest absolute Gasteiger partial charge is 0.319 e. The molecule has 1 aliphatic rings. The number of benzene rings is 2. The Hall–Kier alpha value is -2.49. The molecule has 0 bridgehead atoms. The van der Waals surface area contributed by atoms with E-state index < -0.39 is 0 Å². The van der Waals surface area contributed by atoms with Gasteiger partial charge in [-0.3, -0.25) is 0 Å². The van der Waals surface area contributed by atoms with Crippen molar-refractivity contribution in [3.63, 3.8) is 0 Å². The van der Waals surface area contributed by atoms with E-state index >= 15 is 0 Å². The van der Waals surface area contributed by atoms with Gasteiger partial charge in [-0.1, -0.05) is 49.6 Å². The number of carbonyl (C=O) groups excluding carboxylic acids is 1. The quantitative estimate of drug-likeness (QED) is 0.709. The molecule has 0 saturated heterocycles. The molecule has 4 nitrogen and oxygen atoms in total. The van der Waals surface area contributed by atoms with E-state index in [0.717, 1.165) is 37.2 Å². The summed E-state index contributed by atoms with van der Waals surface area (Å²) >= 11 is 0. The van der Waals surface area contributed by atoms with Crippen LogP contribution in [0.25, 0.3) is 0 Å². The predicted molar refractivity (Wildman–Crippen MR) is 104 cm³/mol. The molecule has 1 saturated carbocycles. The largest absolute Gasteiger partial charge is 0.385 e. The van der Waals surface area contributed by atoms with Crippen LogP contribution >= 0.6 is 0 Å². The lowest BCUT2D eigenvalue weighted by molar-refractivity contribution is 0.244. The third kappa shape index (κ3) is 5.82. The molecule has 2 amide bonds. The number of urea groups is 1. The summed E-state index contributed by atoms with van der Waals surface area (Å²) in [5.74, 6) is 0. The highest BCUT2D eigenvalue weighted by molar-refractivity contribution is 5.89. The first-order valence-corrected chi connectivity index (χ1v) is 9.25. The number of rotatable bonds is 6. The first kappa shape index (κ1) is 17.3. The van der Waals surface area contributed by atoms with Crippen molar-refractivity contribution in [2.24, 2.45) is 0 Å². The van der Waals surface area contributed by atoms with E-state index in [-0.39, 0.29) is 6.03 Å². The third-order valence-corrected chi connectivity index (χ3v) is 4.67. The van der Waals surface area contributed by atoms with Crippen molar-refractivity contribution in [3.05, 3.63) is 60.2 Å². The topological polar surface area (TPSA) is 53.2 Å². The van der Waals surface area contributed by atoms with Gasteiger partial charge in [-0.05, 0) is 49.1 Å². The molecule has 0 unspecified atom stereocenters. The highest BCUT2D eigenvalue weighted by atomic mass is 16.2. The Labute approximate surface area is 150 Å². The van der Waals surface area contributed by atoms with E-state index in [2.05, 4.69) is 40.2 Å². The van der Waals surface area contributed by atoms with E-state index in [1.54, 1.807) is 0 Å². The molecular weight excluding hydrogens is 310 g/mol. The summed E-state index contributed by atoms with van der Waals surface area (Å²) in [6, 6.07) is 18.5. The average molecular weight is 337 g/mol. The Morgan fingerprint density at radius 1 is 0.880 bits per heavy atom. The summed E-state index contributed by atoms with van der Waals surface area (Å²) < 4.78 is 0. The third-order valence-electron chi connectivity index (χ3n) is 4.67. The van der Waals surface area contributed by atoms with Crippen LogP contribution in [0.2, 0.25) is 0 Å². The molecule has 2 aromatic carbocycles. The molecule has 25 heavy (non-hydrogen) atoms. The Morgan fingerprint density at radius 2 is 1.56 bits per heavy atom. The van der Waals surface area contributed by atoms with Gasteiger partial charge < -0.3 is 16.0 Å². The Balaban J connectivity index is 1.41. The van der Waals surface area contributed by atoms with Gasteiger partial charge in [-0.25, -0.2) is 4.79 Å². The fourth-order valence-corrected chi connectivity index (χ4v) is 3.27. The summed E-state index contributed by atoms with van der Waals surface area (Å²) in [4.78, 5) is 12.1. The van der Waals surface area contributed by atoms with Crippen molar-refractivity contribution >= 4 is 17.4 Å². The summed E-state index contributed by atoms with van der Waals surface area (Å²) in [7, 11) is 0. The minimum Gasteiger partial charge on any atom is -0.385 e. The van der Waals surface area contributed by atoms with Gasteiger partial charge in [0.05, 0.1) is 0 Å². The number of anilines is 2. The number of hydrogen-bond acceptors (Lipinski definition) is 2. The molecule has 0 radical (unpaired) electrons. The molecule has 2 aromatic rings. The van der Waals surface area contributed by atoms with E-state index in [4.69, 9.17) is 0 Å². The zero-order chi connectivity index (χ0) is 17.3. The van der Waals surface area contributed by atoms with Crippen LogP contribution in [0, 0.1) is 0 Å². The summed E-state index contributed by atoms with van der Waals surface area (Å²) in [5, 5.41) is 9.40. The normalized spacial score (nSPS) is 14.7. The van der Waals surface area contributed by atoms with Gasteiger partial charge in [0.1, 0.15) is 0 Å². The lowest BCUT2D eigenvalue weighted by atomic mass is 9.96. The molecule has 4 heteroatoms. The van der Waals surface area contributed by atoms with Crippen LogP contribution in [0.15, 0.2) is 54.6 Å². The van der Waals surface area contributed by atoms with Crippen molar-refractivity contribution in [2.75, 3.05) is 17.2 Å². The molecule has 3 N–H and O–H groups in total. The van der Waals surface area contributed by atoms with E-state index in [0.29, 0.717) is 6.04 Å². The number of carbonyl (C=O) groups is 1.